The minimum absolute atomic E-state index is 0.325. The second-order valence-electron chi connectivity index (χ2n) is 4.44. The van der Waals surface area contributed by atoms with Gasteiger partial charge in [0.05, 0.1) is 18.9 Å². The first-order valence-electron chi connectivity index (χ1n) is 6.47. The lowest BCUT2D eigenvalue weighted by Gasteiger charge is -2.12. The zero-order chi connectivity index (χ0) is 15.1. The number of ether oxygens (including phenoxy) is 1. The number of rotatable bonds is 5. The number of benzene rings is 1. The van der Waals surface area contributed by atoms with Gasteiger partial charge >= 0.3 is 0 Å². The number of hydrogen-bond donors (Lipinski definition) is 1. The normalized spacial score (nSPS) is 11.2. The Hall–Kier alpha value is -2.87. The minimum Gasteiger partial charge on any atom is -0.495 e. The van der Waals surface area contributed by atoms with Crippen LogP contribution in [-0.2, 0) is 11.2 Å². The summed E-state index contributed by atoms with van der Waals surface area (Å²) in [6, 6.07) is 12.7. The first-order chi connectivity index (χ1) is 10.2. The average Bonchev–Trinajstić information content (AvgIpc) is 2.54. The molecule has 5 nitrogen and oxygen atoms in total. The molecule has 1 atom stereocenters. The fraction of sp³-hybridized carbons (Fsp3) is 0.188. The van der Waals surface area contributed by atoms with Crippen LogP contribution < -0.4 is 10.1 Å². The lowest BCUT2D eigenvalue weighted by molar-refractivity contribution is -0.118. The molecule has 1 aromatic carbocycles. The molecular weight excluding hydrogens is 266 g/mol. The van der Waals surface area contributed by atoms with Gasteiger partial charge in [0.2, 0.25) is 5.91 Å². The number of methoxy groups -OCH3 is 1. The molecule has 0 bridgehead atoms. The van der Waals surface area contributed by atoms with Crippen LogP contribution in [0.3, 0.4) is 0 Å². The van der Waals surface area contributed by atoms with Gasteiger partial charge < -0.3 is 10.1 Å². The number of aromatic nitrogens is 1. The van der Waals surface area contributed by atoms with Crippen LogP contribution in [0.4, 0.5) is 5.69 Å². The number of hydrogen-bond acceptors (Lipinski definition) is 4. The summed E-state index contributed by atoms with van der Waals surface area (Å²) >= 11 is 0. The van der Waals surface area contributed by atoms with Gasteiger partial charge in [0.15, 0.2) is 0 Å². The van der Waals surface area contributed by atoms with Crippen molar-refractivity contribution >= 4 is 11.6 Å². The van der Waals surface area contributed by atoms with Gasteiger partial charge in [0.1, 0.15) is 11.7 Å². The Kier molecular flexibility index (Phi) is 4.89. The Bertz CT molecular complexity index is 650. The van der Waals surface area contributed by atoms with Crippen molar-refractivity contribution in [2.24, 2.45) is 5.92 Å². The van der Waals surface area contributed by atoms with Crippen molar-refractivity contribution in [3.63, 3.8) is 0 Å². The van der Waals surface area contributed by atoms with E-state index in [1.165, 1.54) is 7.11 Å². The Morgan fingerprint density at radius 2 is 2.19 bits per heavy atom. The molecule has 0 fully saturated rings. The van der Waals surface area contributed by atoms with Crippen LogP contribution in [0.5, 0.6) is 5.75 Å². The van der Waals surface area contributed by atoms with Gasteiger partial charge in [-0.05, 0) is 30.2 Å². The molecule has 0 aliphatic carbocycles. The van der Waals surface area contributed by atoms with Crippen LogP contribution in [0.15, 0.2) is 48.8 Å². The molecule has 21 heavy (non-hydrogen) atoms. The first kappa shape index (κ1) is 14.5. The van der Waals surface area contributed by atoms with E-state index in [9.17, 15) is 10.1 Å². The number of para-hydroxylation sites is 2. The van der Waals surface area contributed by atoms with E-state index in [-0.39, 0.29) is 5.91 Å². The molecule has 2 aromatic rings. The van der Waals surface area contributed by atoms with Crippen molar-refractivity contribution in [1.29, 1.82) is 5.26 Å². The third-order valence-corrected chi connectivity index (χ3v) is 3.00. The molecule has 1 amide bonds. The van der Waals surface area contributed by atoms with Gasteiger partial charge in [-0.2, -0.15) is 5.26 Å². The molecule has 106 valence electrons. The van der Waals surface area contributed by atoms with Crippen molar-refractivity contribution in [1.82, 2.24) is 4.98 Å². The van der Waals surface area contributed by atoms with E-state index >= 15 is 0 Å². The minimum atomic E-state index is -0.779. The van der Waals surface area contributed by atoms with Crippen LogP contribution in [0.1, 0.15) is 5.56 Å². The summed E-state index contributed by atoms with van der Waals surface area (Å²) < 4.78 is 5.17. The smallest absolute Gasteiger partial charge is 0.242 e. The lowest BCUT2D eigenvalue weighted by Crippen LogP contribution is -2.23. The van der Waals surface area contributed by atoms with Gasteiger partial charge in [-0.1, -0.05) is 18.2 Å². The molecule has 0 saturated carbocycles. The highest BCUT2D eigenvalue weighted by atomic mass is 16.5. The van der Waals surface area contributed by atoms with Crippen molar-refractivity contribution < 1.29 is 9.53 Å². The van der Waals surface area contributed by atoms with Crippen molar-refractivity contribution in [3.05, 3.63) is 54.4 Å². The van der Waals surface area contributed by atoms with Crippen molar-refractivity contribution in [2.75, 3.05) is 12.4 Å². The summed E-state index contributed by atoms with van der Waals surface area (Å²) in [5.41, 5.74) is 1.40. The van der Waals surface area contributed by atoms with Gasteiger partial charge in [-0.3, -0.25) is 9.78 Å². The van der Waals surface area contributed by atoms with Crippen LogP contribution >= 0.6 is 0 Å². The highest BCUT2D eigenvalue weighted by molar-refractivity contribution is 5.95. The van der Waals surface area contributed by atoms with E-state index in [1.54, 1.807) is 36.7 Å². The molecule has 0 saturated heterocycles. The number of carbonyl (C=O) groups excluding carboxylic acids is 1. The maximum Gasteiger partial charge on any atom is 0.242 e. The van der Waals surface area contributed by atoms with Crippen LogP contribution in [0, 0.1) is 17.2 Å². The number of amides is 1. The molecule has 1 aromatic heterocycles. The third-order valence-electron chi connectivity index (χ3n) is 3.00. The predicted octanol–water partition coefficient (Wildman–Crippen LogP) is 2.41. The molecule has 5 heteroatoms. The van der Waals surface area contributed by atoms with Crippen LogP contribution in [-0.4, -0.2) is 18.0 Å². The second kappa shape index (κ2) is 7.06. The Labute approximate surface area is 123 Å². The quantitative estimate of drug-likeness (QED) is 0.913. The maximum atomic E-state index is 12.2. The molecule has 2 rings (SSSR count). The fourth-order valence-electron chi connectivity index (χ4n) is 1.92. The Morgan fingerprint density at radius 1 is 1.38 bits per heavy atom. The number of nitriles is 1. The molecular formula is C16H15N3O2. The third kappa shape index (κ3) is 3.80. The molecule has 1 heterocycles. The molecule has 1 N–H and O–H groups in total. The summed E-state index contributed by atoms with van der Waals surface area (Å²) in [7, 11) is 1.53. The van der Waals surface area contributed by atoms with E-state index in [0.717, 1.165) is 5.56 Å². The van der Waals surface area contributed by atoms with Gasteiger partial charge in [0.25, 0.3) is 0 Å². The summed E-state index contributed by atoms with van der Waals surface area (Å²) in [5, 5.41) is 11.9. The first-order valence-corrected chi connectivity index (χ1v) is 6.47. The highest BCUT2D eigenvalue weighted by Crippen LogP contribution is 2.23. The number of nitrogens with one attached hydrogen (secondary N) is 1. The topological polar surface area (TPSA) is 75.0 Å². The summed E-state index contributed by atoms with van der Waals surface area (Å²) in [6.07, 6.45) is 3.63. The monoisotopic (exact) mass is 281 g/mol. The maximum absolute atomic E-state index is 12.2. The van der Waals surface area contributed by atoms with E-state index < -0.39 is 5.92 Å². The number of pyridine rings is 1. The van der Waals surface area contributed by atoms with Crippen molar-refractivity contribution in [3.8, 4) is 11.8 Å². The zero-order valence-corrected chi connectivity index (χ0v) is 11.6. The van der Waals surface area contributed by atoms with Crippen LogP contribution in [0.2, 0.25) is 0 Å². The number of carbonyl (C=O) groups is 1. The van der Waals surface area contributed by atoms with E-state index in [2.05, 4.69) is 10.3 Å². The van der Waals surface area contributed by atoms with Gasteiger partial charge in [0, 0.05) is 12.4 Å². The number of anilines is 1. The lowest BCUT2D eigenvalue weighted by atomic mass is 10.0. The van der Waals surface area contributed by atoms with E-state index in [1.807, 2.05) is 18.2 Å². The molecule has 0 aliphatic rings. The summed E-state index contributed by atoms with van der Waals surface area (Å²) in [6.45, 7) is 0. The average molecular weight is 281 g/mol. The molecule has 0 radical (unpaired) electrons. The van der Waals surface area contributed by atoms with E-state index in [0.29, 0.717) is 17.9 Å². The predicted molar refractivity (Wildman–Crippen MR) is 78.7 cm³/mol. The van der Waals surface area contributed by atoms with E-state index in [4.69, 9.17) is 4.74 Å². The van der Waals surface area contributed by atoms with Gasteiger partial charge in [-0.15, -0.1) is 0 Å². The fourth-order valence-corrected chi connectivity index (χ4v) is 1.92. The standard InChI is InChI=1S/C16H15N3O2/c1-21-15-7-3-2-6-14(15)19-16(20)13(10-17)9-12-5-4-8-18-11-12/h2-8,11,13H,9H2,1H3,(H,19,20)/t13-/m0/s1. The summed E-state index contributed by atoms with van der Waals surface area (Å²) in [5.74, 6) is -0.575. The molecule has 0 unspecified atom stereocenters. The Morgan fingerprint density at radius 3 is 2.86 bits per heavy atom. The molecule has 0 spiro atoms. The van der Waals surface area contributed by atoms with Crippen LogP contribution in [0.25, 0.3) is 0 Å². The van der Waals surface area contributed by atoms with Crippen molar-refractivity contribution in [2.45, 2.75) is 6.42 Å². The SMILES string of the molecule is COc1ccccc1NC(=O)[C@H](C#N)Cc1cccnc1. The Balaban J connectivity index is 2.09. The highest BCUT2D eigenvalue weighted by Gasteiger charge is 2.19. The zero-order valence-electron chi connectivity index (χ0n) is 11.6. The van der Waals surface area contributed by atoms with Gasteiger partial charge in [-0.25, -0.2) is 0 Å². The number of nitrogens with zero attached hydrogens (tertiary/aromatic N) is 2. The largest absolute Gasteiger partial charge is 0.495 e. The summed E-state index contributed by atoms with van der Waals surface area (Å²) in [4.78, 5) is 16.2. The molecule has 0 aliphatic heterocycles. The second-order valence-corrected chi connectivity index (χ2v) is 4.44.